The van der Waals surface area contributed by atoms with Gasteiger partial charge in [-0.3, -0.25) is 0 Å². The Morgan fingerprint density at radius 3 is 1.70 bits per heavy atom. The maximum atomic E-state index is 12.5. The number of fused-ring (bicyclic) bond motifs is 1. The molecule has 1 aromatic heterocycles. The number of hydrogen-bond acceptors (Lipinski definition) is 23. The summed E-state index contributed by atoms with van der Waals surface area (Å²) >= 11 is 0. The monoisotopic (exact) mass is 935 g/mol. The van der Waals surface area contributed by atoms with E-state index in [9.17, 15) is 81.4 Å². The predicted molar refractivity (Wildman–Crippen MR) is 215 cm³/mol. The molecule has 0 radical (unpaired) electrons. The summed E-state index contributed by atoms with van der Waals surface area (Å²) in [6.07, 6.45) is -24.0. The molecule has 4 heterocycles. The molecule has 24 nitrogen and oxygen atoms in total. The fourth-order valence-corrected chi connectivity index (χ4v) is 7.17. The van der Waals surface area contributed by atoms with Crippen LogP contribution in [-0.4, -0.2) is 195 Å². The molecular weight excluding hydrogens is 888 g/mol. The molecule has 3 aliphatic heterocycles. The summed E-state index contributed by atoms with van der Waals surface area (Å²) in [6, 6.07) is 10.6. The average Bonchev–Trinajstić information content (AvgIpc) is 3.30. The maximum Gasteiger partial charge on any atom is 0.402 e. The quantitative estimate of drug-likeness (QED) is 0.0275. The number of aliphatic hydroxyl groups is 11. The lowest BCUT2D eigenvalue weighted by molar-refractivity contribution is -0.278. The van der Waals surface area contributed by atoms with Crippen LogP contribution >= 0.6 is 0 Å². The number of phenolic OH excluding ortho intramolecular Hbond substituents is 4. The standard InChI is InChI=1S/C42H46O24/c43-12-26-30(50)33(53)37(57)41(64-26)62-24-8-16(3-5-20(24)46)39-25(63-42-38(58)34(54)31(51)27(13-44)65-42)11-18-21(47)9-17(10-23(18)61-39)60-40-36(56)35(55)32(52)28(66-40)14-59-29(49)6-2-15-1-4-19(45)22(48)7-15/h1-11,26-28,30-38,40-44,50-58H,12-14H2,(H3-,45,46,47,48,49)/p+1/t26?,27?,28?,30-,31-,32-,33+,34+,35+,36?,37?,38?,40-,41-,42-/m1/s1. The van der Waals surface area contributed by atoms with Crippen molar-refractivity contribution >= 4 is 23.0 Å². The summed E-state index contributed by atoms with van der Waals surface area (Å²) in [5, 5.41) is 155. The Balaban J connectivity index is 1.18. The molecule has 3 saturated heterocycles. The first kappa shape index (κ1) is 48.3. The number of esters is 1. The van der Waals surface area contributed by atoms with Crippen molar-refractivity contribution in [3.63, 3.8) is 0 Å². The van der Waals surface area contributed by atoms with Crippen LogP contribution in [0.3, 0.4) is 0 Å². The number of hydrogen-bond donors (Lipinski definition) is 15. The van der Waals surface area contributed by atoms with Crippen LogP contribution in [0.2, 0.25) is 0 Å². The first-order valence-electron chi connectivity index (χ1n) is 20.0. The van der Waals surface area contributed by atoms with Crippen molar-refractivity contribution < 1.29 is 119 Å². The molecule has 3 aromatic carbocycles. The van der Waals surface area contributed by atoms with Crippen LogP contribution in [0.25, 0.3) is 28.4 Å². The molecular formula is C42H47O24+. The van der Waals surface area contributed by atoms with Crippen molar-refractivity contribution in [3.05, 3.63) is 66.2 Å². The molecule has 0 saturated carbocycles. The second-order valence-electron chi connectivity index (χ2n) is 15.5. The smallest absolute Gasteiger partial charge is 0.402 e. The molecule has 15 N–H and O–H groups in total. The Labute approximate surface area is 371 Å². The Bertz CT molecular complexity index is 2370. The Hall–Kier alpha value is -5.68. The van der Waals surface area contributed by atoms with Gasteiger partial charge in [-0.25, -0.2) is 9.21 Å². The van der Waals surface area contributed by atoms with Crippen molar-refractivity contribution in [2.75, 3.05) is 19.8 Å². The molecule has 0 aliphatic carbocycles. The van der Waals surface area contributed by atoms with E-state index in [2.05, 4.69) is 0 Å². The lowest BCUT2D eigenvalue weighted by atomic mass is 9.99. The Kier molecular flexibility index (Phi) is 14.7. The van der Waals surface area contributed by atoms with Gasteiger partial charge in [0.2, 0.25) is 24.6 Å². The molecule has 6 unspecified atom stereocenters. The fraction of sp³-hybridized carbons (Fsp3) is 0.429. The van der Waals surface area contributed by atoms with E-state index in [0.29, 0.717) is 5.56 Å². The number of carbonyl (C=O) groups excluding carboxylic acids is 1. The van der Waals surface area contributed by atoms with E-state index >= 15 is 0 Å². The maximum absolute atomic E-state index is 12.5. The second kappa shape index (κ2) is 20.0. The molecule has 3 aliphatic rings. The first-order valence-corrected chi connectivity index (χ1v) is 20.0. The third kappa shape index (κ3) is 10.0. The van der Waals surface area contributed by atoms with E-state index in [0.717, 1.165) is 24.3 Å². The van der Waals surface area contributed by atoms with Crippen LogP contribution < -0.4 is 14.2 Å². The highest BCUT2D eigenvalue weighted by molar-refractivity contribution is 5.89. The van der Waals surface area contributed by atoms with Crippen LogP contribution in [0.4, 0.5) is 0 Å². The fourth-order valence-electron chi connectivity index (χ4n) is 7.17. The highest BCUT2D eigenvalue weighted by atomic mass is 16.7. The zero-order valence-corrected chi connectivity index (χ0v) is 34.0. The molecule has 66 heavy (non-hydrogen) atoms. The summed E-state index contributed by atoms with van der Waals surface area (Å²) in [4.78, 5) is 12.5. The van der Waals surface area contributed by atoms with E-state index in [1.807, 2.05) is 0 Å². The number of carbonyl (C=O) groups is 1. The van der Waals surface area contributed by atoms with Crippen molar-refractivity contribution in [3.8, 4) is 51.6 Å². The van der Waals surface area contributed by atoms with Gasteiger partial charge < -0.3 is 110 Å². The minimum absolute atomic E-state index is 0.0312. The Morgan fingerprint density at radius 1 is 0.561 bits per heavy atom. The van der Waals surface area contributed by atoms with E-state index in [-0.39, 0.29) is 39.5 Å². The van der Waals surface area contributed by atoms with Crippen molar-refractivity contribution in [2.45, 2.75) is 92.1 Å². The van der Waals surface area contributed by atoms with Crippen LogP contribution in [0.15, 0.2) is 65.1 Å². The van der Waals surface area contributed by atoms with E-state index in [1.165, 1.54) is 42.5 Å². The number of ether oxygens (including phenoxy) is 7. The molecule has 0 amide bonds. The zero-order chi connectivity index (χ0) is 47.7. The molecule has 0 bridgehead atoms. The topological polar surface area (TPSA) is 396 Å². The number of benzene rings is 3. The summed E-state index contributed by atoms with van der Waals surface area (Å²) in [5.41, 5.74) is 0.0823. The molecule has 7 rings (SSSR count). The van der Waals surface area contributed by atoms with Crippen molar-refractivity contribution in [2.24, 2.45) is 0 Å². The van der Waals surface area contributed by atoms with Crippen molar-refractivity contribution in [1.82, 2.24) is 0 Å². The van der Waals surface area contributed by atoms with Gasteiger partial charge in [-0.15, -0.1) is 0 Å². The summed E-state index contributed by atoms with van der Waals surface area (Å²) in [5.74, 6) is -4.26. The van der Waals surface area contributed by atoms with Gasteiger partial charge >= 0.3 is 17.3 Å². The molecule has 24 heteroatoms. The molecule has 15 atom stereocenters. The first-order chi connectivity index (χ1) is 31.4. The molecule has 358 valence electrons. The summed E-state index contributed by atoms with van der Waals surface area (Å²) in [6.45, 7) is -2.26. The third-order valence-electron chi connectivity index (χ3n) is 10.9. The summed E-state index contributed by atoms with van der Waals surface area (Å²) in [7, 11) is 0. The van der Waals surface area contributed by atoms with Gasteiger partial charge in [-0.2, -0.15) is 0 Å². The molecule has 3 fully saturated rings. The van der Waals surface area contributed by atoms with Gasteiger partial charge in [-0.05, 0) is 35.9 Å². The highest BCUT2D eigenvalue weighted by Gasteiger charge is 2.48. The highest BCUT2D eigenvalue weighted by Crippen LogP contribution is 2.43. The number of aliphatic hydroxyl groups excluding tert-OH is 11. The van der Waals surface area contributed by atoms with Crippen molar-refractivity contribution in [1.29, 1.82) is 0 Å². The van der Waals surface area contributed by atoms with Gasteiger partial charge in [0.15, 0.2) is 23.0 Å². The van der Waals surface area contributed by atoms with Crippen LogP contribution in [0.5, 0.6) is 40.2 Å². The van der Waals surface area contributed by atoms with E-state index < -0.39 is 141 Å². The Morgan fingerprint density at radius 2 is 1.11 bits per heavy atom. The van der Waals surface area contributed by atoms with Crippen LogP contribution in [0, 0.1) is 0 Å². The number of rotatable bonds is 13. The van der Waals surface area contributed by atoms with E-state index in [4.69, 9.17) is 37.6 Å². The largest absolute Gasteiger partial charge is 0.507 e. The minimum atomic E-state index is -1.93. The summed E-state index contributed by atoms with van der Waals surface area (Å²) < 4.78 is 45.3. The SMILES string of the molecule is O=C(/C=C/c1ccc(O)c(O)c1)OCC1O[C@@H](Oc2cc(O)c3cc(O[C@@H]4OC(CO)[C@@H](O)[C@H](O)C4O)c(-c4ccc(O)c(O[C@@H]5OC(CO)[C@@H](O)[C@H](O)C5O)c4)[o+]c3c2)C(O)[C@@H](O)[C@@H]1O. The second-order valence-corrected chi connectivity index (χ2v) is 15.5. The molecule has 4 aromatic rings. The van der Waals surface area contributed by atoms with Crippen LogP contribution in [-0.2, 0) is 23.7 Å². The molecule has 0 spiro atoms. The predicted octanol–water partition coefficient (Wildman–Crippen LogP) is -3.00. The van der Waals surface area contributed by atoms with Gasteiger partial charge in [0, 0.05) is 24.3 Å². The van der Waals surface area contributed by atoms with Gasteiger partial charge in [0.1, 0.15) is 96.7 Å². The number of aromatic hydroxyl groups is 4. The third-order valence-corrected chi connectivity index (χ3v) is 10.9. The van der Waals surface area contributed by atoms with E-state index in [1.54, 1.807) is 0 Å². The normalized spacial score (nSPS) is 32.6. The lowest BCUT2D eigenvalue weighted by Crippen LogP contribution is -2.60. The minimum Gasteiger partial charge on any atom is -0.507 e. The zero-order valence-electron chi connectivity index (χ0n) is 34.0. The average molecular weight is 936 g/mol. The van der Waals surface area contributed by atoms with Gasteiger partial charge in [0.05, 0.1) is 24.8 Å². The van der Waals surface area contributed by atoms with Gasteiger partial charge in [0.25, 0.3) is 0 Å². The van der Waals surface area contributed by atoms with Crippen LogP contribution in [0.1, 0.15) is 5.56 Å². The van der Waals surface area contributed by atoms with Gasteiger partial charge in [-0.1, -0.05) is 6.07 Å². The number of phenols is 4. The lowest BCUT2D eigenvalue weighted by Gasteiger charge is -2.39.